The highest BCUT2D eigenvalue weighted by Crippen LogP contribution is 2.52. The van der Waals surface area contributed by atoms with Gasteiger partial charge in [-0.15, -0.1) is 0 Å². The second-order valence-electron chi connectivity index (χ2n) is 18.7. The van der Waals surface area contributed by atoms with Gasteiger partial charge in [-0.3, -0.25) is 4.57 Å². The zero-order valence-corrected chi connectivity index (χ0v) is 40.2. The topological polar surface area (TPSA) is 48.5 Å². The Morgan fingerprint density at radius 3 is 1.11 bits per heavy atom. The van der Waals surface area contributed by atoms with Crippen molar-refractivity contribution in [1.82, 2.24) is 24.1 Å². The molecule has 14 aromatic rings. The minimum atomic E-state index is 0.529. The van der Waals surface area contributed by atoms with Crippen molar-refractivity contribution in [3.05, 3.63) is 273 Å². The molecule has 0 aliphatic rings. The highest BCUT2D eigenvalue weighted by atomic mass is 15.2. The van der Waals surface area contributed by atoms with Gasteiger partial charge >= 0.3 is 0 Å². The molecule has 0 aliphatic carbocycles. The van der Waals surface area contributed by atoms with Gasteiger partial charge in [-0.2, -0.15) is 9.97 Å². The van der Waals surface area contributed by atoms with Crippen LogP contribution in [0.3, 0.4) is 0 Å². The number of rotatable bonds is 9. The third kappa shape index (κ3) is 7.29. The Balaban J connectivity index is 1.16. The third-order valence-electron chi connectivity index (χ3n) is 14.4. The van der Waals surface area contributed by atoms with Gasteiger partial charge in [-0.25, -0.2) is 4.98 Å². The number of nitrogens with zero attached hydrogens (tertiary/aromatic N) is 5. The Morgan fingerprint density at radius 2 is 0.595 bits per heavy atom. The van der Waals surface area contributed by atoms with Crippen LogP contribution in [0, 0.1) is 0 Å². The van der Waals surface area contributed by atoms with Crippen LogP contribution in [0.5, 0.6) is 0 Å². The highest BCUT2D eigenvalue weighted by Gasteiger charge is 2.30. The van der Waals surface area contributed by atoms with E-state index in [1.807, 2.05) is 24.3 Å². The van der Waals surface area contributed by atoms with Crippen LogP contribution in [0.15, 0.2) is 273 Å². The van der Waals surface area contributed by atoms with E-state index in [-0.39, 0.29) is 0 Å². The van der Waals surface area contributed by atoms with E-state index in [0.29, 0.717) is 17.6 Å². The first kappa shape index (κ1) is 42.9. The first-order chi connectivity index (χ1) is 36.7. The lowest BCUT2D eigenvalue weighted by Gasteiger charge is -2.19. The predicted molar refractivity (Wildman–Crippen MR) is 307 cm³/mol. The quantitative estimate of drug-likeness (QED) is 0.145. The number of aromatic nitrogens is 5. The molecular weight excluding hydrogens is 899 g/mol. The van der Waals surface area contributed by atoms with Crippen LogP contribution in [0.1, 0.15) is 0 Å². The molecule has 3 aromatic heterocycles. The maximum atomic E-state index is 5.57. The normalized spacial score (nSPS) is 11.5. The number of hydrogen-bond donors (Lipinski definition) is 0. The van der Waals surface area contributed by atoms with Gasteiger partial charge in [0.2, 0.25) is 5.95 Å². The largest absolute Gasteiger partial charge is 0.307 e. The molecule has 14 rings (SSSR count). The molecular formula is C69H45N5. The van der Waals surface area contributed by atoms with E-state index < -0.39 is 0 Å². The average molecular weight is 944 g/mol. The molecule has 346 valence electrons. The van der Waals surface area contributed by atoms with Gasteiger partial charge in [0.1, 0.15) is 0 Å². The molecule has 0 saturated heterocycles. The van der Waals surface area contributed by atoms with E-state index in [1.165, 1.54) is 11.1 Å². The van der Waals surface area contributed by atoms with Crippen LogP contribution >= 0.6 is 0 Å². The maximum absolute atomic E-state index is 5.57. The molecule has 0 saturated carbocycles. The van der Waals surface area contributed by atoms with Gasteiger partial charge in [-0.1, -0.05) is 243 Å². The monoisotopic (exact) mass is 943 g/mol. The predicted octanol–water partition coefficient (Wildman–Crippen LogP) is 17.7. The first-order valence-corrected chi connectivity index (χ1v) is 25.1. The fraction of sp³-hybridized carbons (Fsp3) is 0. The maximum Gasteiger partial charge on any atom is 0.238 e. The van der Waals surface area contributed by atoms with Crippen molar-refractivity contribution in [3.8, 4) is 90.0 Å². The fourth-order valence-corrected chi connectivity index (χ4v) is 11.0. The summed E-state index contributed by atoms with van der Waals surface area (Å²) in [5.74, 6) is 1.71. The Bertz CT molecular complexity index is 4360. The Labute approximate surface area is 428 Å². The zero-order chi connectivity index (χ0) is 49.0. The summed E-state index contributed by atoms with van der Waals surface area (Å²) >= 11 is 0. The summed E-state index contributed by atoms with van der Waals surface area (Å²) in [6, 6.07) is 97.2. The number of para-hydroxylation sites is 3. The van der Waals surface area contributed by atoms with E-state index in [9.17, 15) is 0 Å². The molecule has 74 heavy (non-hydrogen) atoms. The van der Waals surface area contributed by atoms with Crippen molar-refractivity contribution >= 4 is 43.6 Å². The van der Waals surface area contributed by atoms with Crippen molar-refractivity contribution in [2.45, 2.75) is 0 Å². The third-order valence-corrected chi connectivity index (χ3v) is 14.4. The first-order valence-electron chi connectivity index (χ1n) is 25.1. The van der Waals surface area contributed by atoms with Gasteiger partial charge in [0, 0.05) is 49.5 Å². The Kier molecular flexibility index (Phi) is 10.4. The smallest absolute Gasteiger partial charge is 0.238 e. The lowest BCUT2D eigenvalue weighted by molar-refractivity contribution is 0.953. The summed E-state index contributed by atoms with van der Waals surface area (Å²) in [5, 5.41) is 4.49. The van der Waals surface area contributed by atoms with Crippen LogP contribution in [0.4, 0.5) is 0 Å². The molecule has 0 atom stereocenters. The molecule has 0 unspecified atom stereocenters. The second-order valence-corrected chi connectivity index (χ2v) is 18.7. The van der Waals surface area contributed by atoms with Gasteiger partial charge in [-0.05, 0) is 74.8 Å². The van der Waals surface area contributed by atoms with Crippen LogP contribution in [-0.4, -0.2) is 24.1 Å². The molecule has 0 radical (unpaired) electrons. The Morgan fingerprint density at radius 1 is 0.243 bits per heavy atom. The summed E-state index contributed by atoms with van der Waals surface area (Å²) in [6.07, 6.45) is 0. The zero-order valence-electron chi connectivity index (χ0n) is 40.2. The standard InChI is InChI=1S/C69H45N5/c1-6-21-46(22-7-1)49-37-41-51(42-38-49)61-62(52-43-39-50(40-44-52)47-23-8-2-9-24-47)64-58-34-17-19-36-60(58)74(66(64)65-63(61)57-33-16-18-35-59(57)73(65)56-31-14-5-15-32-56)69-71-67(53-27-12-4-13-28-53)70-68(72-69)55-30-20-29-54(45-55)48-25-10-3-11-26-48/h1-45H. The van der Waals surface area contributed by atoms with Crippen molar-refractivity contribution in [3.63, 3.8) is 0 Å². The van der Waals surface area contributed by atoms with Gasteiger partial charge < -0.3 is 4.57 Å². The molecule has 5 nitrogen and oxygen atoms in total. The Hall–Kier alpha value is -9.97. The van der Waals surface area contributed by atoms with Gasteiger partial charge in [0.25, 0.3) is 0 Å². The molecule has 0 amide bonds. The fourth-order valence-electron chi connectivity index (χ4n) is 11.0. The second kappa shape index (κ2) is 18.0. The summed E-state index contributed by atoms with van der Waals surface area (Å²) < 4.78 is 4.77. The minimum Gasteiger partial charge on any atom is -0.307 e. The summed E-state index contributed by atoms with van der Waals surface area (Å²) in [7, 11) is 0. The molecule has 0 bridgehead atoms. The molecule has 11 aromatic carbocycles. The van der Waals surface area contributed by atoms with Crippen LogP contribution in [0.2, 0.25) is 0 Å². The van der Waals surface area contributed by atoms with E-state index in [2.05, 4.69) is 258 Å². The number of hydrogen-bond acceptors (Lipinski definition) is 3. The van der Waals surface area contributed by atoms with Gasteiger partial charge in [0.15, 0.2) is 11.6 Å². The van der Waals surface area contributed by atoms with E-state index >= 15 is 0 Å². The van der Waals surface area contributed by atoms with E-state index in [0.717, 1.165) is 105 Å². The van der Waals surface area contributed by atoms with Crippen LogP contribution in [-0.2, 0) is 0 Å². The molecule has 5 heteroatoms. The molecule has 0 aliphatic heterocycles. The van der Waals surface area contributed by atoms with E-state index in [4.69, 9.17) is 15.0 Å². The lowest BCUT2D eigenvalue weighted by Crippen LogP contribution is -2.07. The van der Waals surface area contributed by atoms with Crippen molar-refractivity contribution in [2.24, 2.45) is 0 Å². The van der Waals surface area contributed by atoms with Crippen LogP contribution < -0.4 is 0 Å². The molecule has 0 N–H and O–H groups in total. The van der Waals surface area contributed by atoms with Crippen molar-refractivity contribution in [2.75, 3.05) is 0 Å². The lowest BCUT2D eigenvalue weighted by atomic mass is 9.86. The number of fused-ring (bicyclic) bond motifs is 7. The highest BCUT2D eigenvalue weighted by molar-refractivity contribution is 6.33. The van der Waals surface area contributed by atoms with Crippen molar-refractivity contribution in [1.29, 1.82) is 0 Å². The summed E-state index contributed by atoms with van der Waals surface area (Å²) in [4.78, 5) is 16.4. The van der Waals surface area contributed by atoms with Gasteiger partial charge in [0.05, 0.1) is 22.1 Å². The SMILES string of the molecule is c1ccc(-c2ccc(-c3c(-c4ccc(-c5ccccc5)cc4)c4c5ccccc5n(-c5nc(-c6ccccc6)nc(-c6cccc(-c7ccccc7)c6)n5)c4c4c3c3ccccc3n4-c3ccccc3)cc2)cc1. The molecule has 0 fully saturated rings. The molecule has 0 spiro atoms. The van der Waals surface area contributed by atoms with Crippen molar-refractivity contribution < 1.29 is 0 Å². The minimum absolute atomic E-state index is 0.529. The summed E-state index contributed by atoms with van der Waals surface area (Å²) in [5.41, 5.74) is 18.4. The number of benzene rings is 11. The average Bonchev–Trinajstić information content (AvgIpc) is 4.02. The summed E-state index contributed by atoms with van der Waals surface area (Å²) in [6.45, 7) is 0. The molecule has 3 heterocycles. The van der Waals surface area contributed by atoms with E-state index in [1.54, 1.807) is 0 Å². The van der Waals surface area contributed by atoms with Crippen LogP contribution in [0.25, 0.3) is 134 Å².